The van der Waals surface area contributed by atoms with Gasteiger partial charge in [-0.05, 0) is 61.1 Å². The highest BCUT2D eigenvalue weighted by molar-refractivity contribution is 5.94. The van der Waals surface area contributed by atoms with Crippen LogP contribution in [-0.4, -0.2) is 27.2 Å². The van der Waals surface area contributed by atoms with Gasteiger partial charge in [0, 0.05) is 30.1 Å². The van der Waals surface area contributed by atoms with Crippen LogP contribution < -0.4 is 15.6 Å². The van der Waals surface area contributed by atoms with Crippen molar-refractivity contribution < 1.29 is 9.53 Å². The molecule has 0 saturated heterocycles. The van der Waals surface area contributed by atoms with Gasteiger partial charge >= 0.3 is 0 Å². The molecular weight excluding hydrogens is 416 g/mol. The zero-order chi connectivity index (χ0) is 22.8. The van der Waals surface area contributed by atoms with Crippen molar-refractivity contribution in [2.45, 2.75) is 38.8 Å². The summed E-state index contributed by atoms with van der Waals surface area (Å²) in [6.07, 6.45) is 7.72. The summed E-state index contributed by atoms with van der Waals surface area (Å²) >= 11 is 0. The van der Waals surface area contributed by atoms with Crippen LogP contribution in [-0.2, 0) is 25.9 Å². The van der Waals surface area contributed by atoms with Crippen LogP contribution in [0.1, 0.15) is 45.6 Å². The Hall–Kier alpha value is -3.87. The number of carbonyl (C=O) groups excluding carboxylic acids is 1. The molecule has 2 heterocycles. The van der Waals surface area contributed by atoms with Gasteiger partial charge in [-0.3, -0.25) is 9.59 Å². The number of methoxy groups -OCH3 is 1. The standard InChI is InChI=1S/C26H26N4O3/c1-33-21-6-4-5-19(15-21)16-27-25(31)20-11-9-18(10-12-20)17-29-13-14-30-24(26(29)32)22-7-2-3-8-23(22)28-30/h4-6,9-15H,2-3,7-8,16-17H2,1H3,(H,27,31). The maximum Gasteiger partial charge on any atom is 0.277 e. The number of fused-ring (bicyclic) bond motifs is 3. The van der Waals surface area contributed by atoms with E-state index in [0.717, 1.165) is 53.8 Å². The molecule has 1 aliphatic carbocycles. The number of hydrogen-bond acceptors (Lipinski definition) is 4. The van der Waals surface area contributed by atoms with Gasteiger partial charge in [0.2, 0.25) is 0 Å². The number of rotatable bonds is 6. The van der Waals surface area contributed by atoms with Crippen LogP contribution >= 0.6 is 0 Å². The largest absolute Gasteiger partial charge is 0.497 e. The number of ether oxygens (including phenoxy) is 1. The minimum absolute atomic E-state index is 0.0201. The van der Waals surface area contributed by atoms with Crippen LogP contribution in [0.25, 0.3) is 5.52 Å². The highest BCUT2D eigenvalue weighted by Gasteiger charge is 2.19. The molecule has 0 unspecified atom stereocenters. The minimum Gasteiger partial charge on any atom is -0.497 e. The molecule has 0 saturated carbocycles. The van der Waals surface area contributed by atoms with Crippen LogP contribution in [0.5, 0.6) is 5.75 Å². The topological polar surface area (TPSA) is 77.6 Å². The molecular formula is C26H26N4O3. The summed E-state index contributed by atoms with van der Waals surface area (Å²) in [5.41, 5.74) is 5.34. The van der Waals surface area contributed by atoms with Gasteiger partial charge in [-0.1, -0.05) is 24.3 Å². The molecule has 5 rings (SSSR count). The minimum atomic E-state index is -0.145. The quantitative estimate of drug-likeness (QED) is 0.497. The molecule has 1 amide bonds. The Morgan fingerprint density at radius 1 is 1.06 bits per heavy atom. The van der Waals surface area contributed by atoms with Crippen molar-refractivity contribution in [3.05, 3.63) is 99.2 Å². The predicted molar refractivity (Wildman–Crippen MR) is 126 cm³/mol. The molecule has 7 nitrogen and oxygen atoms in total. The molecule has 1 aliphatic rings. The Labute approximate surface area is 191 Å². The van der Waals surface area contributed by atoms with Crippen LogP contribution in [0.4, 0.5) is 0 Å². The summed E-state index contributed by atoms with van der Waals surface area (Å²) in [5.74, 6) is 0.616. The first-order chi connectivity index (χ1) is 16.1. The Balaban J connectivity index is 1.29. The van der Waals surface area contributed by atoms with Gasteiger partial charge in [0.25, 0.3) is 11.5 Å². The molecule has 0 radical (unpaired) electrons. The zero-order valence-electron chi connectivity index (χ0n) is 18.6. The average Bonchev–Trinajstić information content (AvgIpc) is 3.24. The number of nitrogens with one attached hydrogen (secondary N) is 1. The van der Waals surface area contributed by atoms with E-state index in [2.05, 4.69) is 10.4 Å². The van der Waals surface area contributed by atoms with Gasteiger partial charge in [0.15, 0.2) is 0 Å². The number of aryl methyl sites for hydroxylation is 2. The first kappa shape index (κ1) is 21.0. The fourth-order valence-corrected chi connectivity index (χ4v) is 4.40. The summed E-state index contributed by atoms with van der Waals surface area (Å²) < 4.78 is 8.66. The number of amides is 1. The third-order valence-electron chi connectivity index (χ3n) is 6.19. The molecule has 0 bridgehead atoms. The molecule has 2 aromatic heterocycles. The monoisotopic (exact) mass is 442 g/mol. The van der Waals surface area contributed by atoms with E-state index in [1.165, 1.54) is 0 Å². The fraction of sp³-hybridized carbons (Fsp3) is 0.269. The predicted octanol–water partition coefficient (Wildman–Crippen LogP) is 3.36. The van der Waals surface area contributed by atoms with Gasteiger partial charge in [-0.2, -0.15) is 5.10 Å². The van der Waals surface area contributed by atoms with Crippen molar-refractivity contribution >= 4 is 11.4 Å². The lowest BCUT2D eigenvalue weighted by Gasteiger charge is -2.10. The first-order valence-electron chi connectivity index (χ1n) is 11.2. The molecule has 1 N–H and O–H groups in total. The number of carbonyl (C=O) groups is 1. The Morgan fingerprint density at radius 3 is 2.70 bits per heavy atom. The van der Waals surface area contributed by atoms with Crippen LogP contribution in [0.2, 0.25) is 0 Å². The Bertz CT molecular complexity index is 1370. The second-order valence-electron chi connectivity index (χ2n) is 8.39. The smallest absolute Gasteiger partial charge is 0.277 e. The summed E-state index contributed by atoms with van der Waals surface area (Å²) in [5, 5.41) is 7.53. The van der Waals surface area contributed by atoms with Crippen LogP contribution in [0.15, 0.2) is 65.7 Å². The third-order valence-corrected chi connectivity index (χ3v) is 6.19. The lowest BCUT2D eigenvalue weighted by Crippen LogP contribution is -2.23. The molecule has 7 heteroatoms. The van der Waals surface area contributed by atoms with Crippen LogP contribution in [0, 0.1) is 0 Å². The number of hydrogen-bond donors (Lipinski definition) is 1. The van der Waals surface area contributed by atoms with Crippen molar-refractivity contribution in [3.63, 3.8) is 0 Å². The Kier molecular flexibility index (Phi) is 5.69. The zero-order valence-corrected chi connectivity index (χ0v) is 18.6. The summed E-state index contributed by atoms with van der Waals surface area (Å²) in [6.45, 7) is 0.865. The highest BCUT2D eigenvalue weighted by atomic mass is 16.5. The number of aromatic nitrogens is 3. The number of nitrogens with zero attached hydrogens (tertiary/aromatic N) is 3. The maximum atomic E-state index is 13.1. The second-order valence-corrected chi connectivity index (χ2v) is 8.39. The van der Waals surface area contributed by atoms with E-state index >= 15 is 0 Å². The lowest BCUT2D eigenvalue weighted by molar-refractivity contribution is 0.0951. The van der Waals surface area contributed by atoms with Gasteiger partial charge in [-0.25, -0.2) is 4.52 Å². The first-order valence-corrected chi connectivity index (χ1v) is 11.2. The van der Waals surface area contributed by atoms with E-state index in [0.29, 0.717) is 24.2 Å². The van der Waals surface area contributed by atoms with E-state index in [1.54, 1.807) is 34.5 Å². The van der Waals surface area contributed by atoms with Crippen LogP contribution in [0.3, 0.4) is 0 Å². The molecule has 2 aromatic carbocycles. The average molecular weight is 443 g/mol. The van der Waals surface area contributed by atoms with Crippen molar-refractivity contribution in [1.82, 2.24) is 19.5 Å². The van der Waals surface area contributed by atoms with Gasteiger partial charge in [0.05, 0.1) is 19.3 Å². The van der Waals surface area contributed by atoms with E-state index in [4.69, 9.17) is 4.74 Å². The van der Waals surface area contributed by atoms with E-state index < -0.39 is 0 Å². The van der Waals surface area contributed by atoms with E-state index in [9.17, 15) is 9.59 Å². The molecule has 0 atom stereocenters. The summed E-state index contributed by atoms with van der Waals surface area (Å²) in [4.78, 5) is 25.7. The molecule has 0 fully saturated rings. The van der Waals surface area contributed by atoms with Gasteiger partial charge in [0.1, 0.15) is 11.3 Å². The number of benzene rings is 2. The fourth-order valence-electron chi connectivity index (χ4n) is 4.40. The van der Waals surface area contributed by atoms with Gasteiger partial charge in [-0.15, -0.1) is 0 Å². The molecule has 168 valence electrons. The SMILES string of the molecule is COc1cccc(CNC(=O)c2ccc(Cn3ccn4nc5c(c4c3=O)CCCC5)cc2)c1. The highest BCUT2D eigenvalue weighted by Crippen LogP contribution is 2.22. The lowest BCUT2D eigenvalue weighted by atomic mass is 9.97. The van der Waals surface area contributed by atoms with E-state index in [1.807, 2.05) is 42.6 Å². The molecule has 0 spiro atoms. The second kappa shape index (κ2) is 8.94. The normalized spacial score (nSPS) is 13.0. The molecule has 0 aliphatic heterocycles. The third kappa shape index (κ3) is 4.26. The van der Waals surface area contributed by atoms with Crippen molar-refractivity contribution in [2.75, 3.05) is 7.11 Å². The molecule has 4 aromatic rings. The summed E-state index contributed by atoms with van der Waals surface area (Å²) in [6, 6.07) is 15.0. The van der Waals surface area contributed by atoms with Gasteiger partial charge < -0.3 is 14.6 Å². The van der Waals surface area contributed by atoms with E-state index in [-0.39, 0.29) is 11.5 Å². The summed E-state index contributed by atoms with van der Waals surface area (Å²) in [7, 11) is 1.62. The maximum absolute atomic E-state index is 13.1. The van der Waals surface area contributed by atoms with Crippen molar-refractivity contribution in [2.24, 2.45) is 0 Å². The van der Waals surface area contributed by atoms with Crippen molar-refractivity contribution in [3.8, 4) is 5.75 Å². The Morgan fingerprint density at radius 2 is 1.88 bits per heavy atom. The van der Waals surface area contributed by atoms with Crippen molar-refractivity contribution in [1.29, 1.82) is 0 Å². The molecule has 33 heavy (non-hydrogen) atoms.